The zero-order valence-corrected chi connectivity index (χ0v) is 15.2. The van der Waals surface area contributed by atoms with Crippen molar-refractivity contribution >= 4 is 11.7 Å². The lowest BCUT2D eigenvalue weighted by Gasteiger charge is -2.30. The minimum atomic E-state index is -0.165. The summed E-state index contributed by atoms with van der Waals surface area (Å²) in [4.78, 5) is 29.0. The Labute approximate surface area is 148 Å². The Morgan fingerprint density at radius 3 is 2.36 bits per heavy atom. The molecule has 3 rings (SSSR count). The van der Waals surface area contributed by atoms with Crippen LogP contribution in [-0.2, 0) is 0 Å². The van der Waals surface area contributed by atoms with Crippen LogP contribution >= 0.6 is 0 Å². The van der Waals surface area contributed by atoms with Gasteiger partial charge in [-0.25, -0.2) is 0 Å². The molecule has 0 spiro atoms. The smallest absolute Gasteiger partial charge is 0.253 e. The first-order valence-corrected chi connectivity index (χ1v) is 8.77. The second-order valence-corrected chi connectivity index (χ2v) is 6.94. The van der Waals surface area contributed by atoms with E-state index in [0.717, 1.165) is 12.8 Å². The SMILES string of the molecule is CC(=O)c1cc(C(=O)NC2CCC(C)c3ccccc32)c(C)nc1C. The lowest BCUT2D eigenvalue weighted by Crippen LogP contribution is -2.32. The van der Waals surface area contributed by atoms with Gasteiger partial charge in [-0.1, -0.05) is 31.2 Å². The Morgan fingerprint density at radius 1 is 1.04 bits per heavy atom. The van der Waals surface area contributed by atoms with E-state index in [4.69, 9.17) is 0 Å². The molecule has 1 amide bonds. The van der Waals surface area contributed by atoms with Crippen molar-refractivity contribution in [3.8, 4) is 0 Å². The molecule has 1 heterocycles. The number of Topliss-reactive ketones (excluding diaryl/α,β-unsaturated/α-hetero) is 1. The van der Waals surface area contributed by atoms with E-state index in [1.165, 1.54) is 18.1 Å². The highest BCUT2D eigenvalue weighted by atomic mass is 16.1. The van der Waals surface area contributed by atoms with Gasteiger partial charge in [0.2, 0.25) is 0 Å². The van der Waals surface area contributed by atoms with Gasteiger partial charge in [-0.05, 0) is 56.7 Å². The van der Waals surface area contributed by atoms with Crippen LogP contribution in [0.3, 0.4) is 0 Å². The van der Waals surface area contributed by atoms with Crippen LogP contribution in [-0.4, -0.2) is 16.7 Å². The van der Waals surface area contributed by atoms with Crippen LogP contribution < -0.4 is 5.32 Å². The maximum atomic E-state index is 12.8. The molecule has 130 valence electrons. The molecule has 4 nitrogen and oxygen atoms in total. The summed E-state index contributed by atoms with van der Waals surface area (Å²) in [5.74, 6) is 0.272. The molecule has 0 fully saturated rings. The molecule has 0 bridgehead atoms. The number of fused-ring (bicyclic) bond motifs is 1. The van der Waals surface area contributed by atoms with E-state index in [0.29, 0.717) is 28.4 Å². The summed E-state index contributed by atoms with van der Waals surface area (Å²) in [5, 5.41) is 3.15. The van der Waals surface area contributed by atoms with E-state index < -0.39 is 0 Å². The van der Waals surface area contributed by atoms with Gasteiger partial charge in [0.05, 0.1) is 17.3 Å². The molecule has 0 aliphatic heterocycles. The van der Waals surface area contributed by atoms with Crippen LogP contribution in [0.4, 0.5) is 0 Å². The van der Waals surface area contributed by atoms with Gasteiger partial charge in [-0.15, -0.1) is 0 Å². The number of hydrogen-bond donors (Lipinski definition) is 1. The molecule has 1 aliphatic rings. The normalized spacial score (nSPS) is 19.2. The third-order valence-electron chi connectivity index (χ3n) is 5.12. The number of rotatable bonds is 3. The highest BCUT2D eigenvalue weighted by Gasteiger charge is 2.26. The zero-order chi connectivity index (χ0) is 18.1. The Hall–Kier alpha value is -2.49. The van der Waals surface area contributed by atoms with E-state index in [1.807, 2.05) is 19.1 Å². The molecule has 2 unspecified atom stereocenters. The lowest BCUT2D eigenvalue weighted by molar-refractivity contribution is 0.0930. The van der Waals surface area contributed by atoms with E-state index >= 15 is 0 Å². The second-order valence-electron chi connectivity index (χ2n) is 6.94. The molecule has 1 N–H and O–H groups in total. The topological polar surface area (TPSA) is 59.1 Å². The van der Waals surface area contributed by atoms with Crippen LogP contribution in [0.1, 0.15) is 81.9 Å². The van der Waals surface area contributed by atoms with Gasteiger partial charge in [0, 0.05) is 11.3 Å². The maximum Gasteiger partial charge on any atom is 0.253 e. The number of aromatic nitrogens is 1. The molecule has 0 radical (unpaired) electrons. The zero-order valence-electron chi connectivity index (χ0n) is 15.2. The Bertz CT molecular complexity index is 842. The van der Waals surface area contributed by atoms with Crippen molar-refractivity contribution in [3.05, 3.63) is 64.0 Å². The van der Waals surface area contributed by atoms with Crippen molar-refractivity contribution in [2.24, 2.45) is 0 Å². The molecule has 4 heteroatoms. The third-order valence-corrected chi connectivity index (χ3v) is 5.12. The molecular formula is C21H24N2O2. The van der Waals surface area contributed by atoms with Gasteiger partial charge in [0.1, 0.15) is 0 Å². The number of aryl methyl sites for hydroxylation is 2. The number of nitrogens with zero attached hydrogens (tertiary/aromatic N) is 1. The van der Waals surface area contributed by atoms with Gasteiger partial charge in [-0.3, -0.25) is 14.6 Å². The molecular weight excluding hydrogens is 312 g/mol. The lowest BCUT2D eigenvalue weighted by atomic mass is 9.81. The van der Waals surface area contributed by atoms with Crippen LogP contribution in [0, 0.1) is 13.8 Å². The van der Waals surface area contributed by atoms with Crippen LogP contribution in [0.2, 0.25) is 0 Å². The van der Waals surface area contributed by atoms with Gasteiger partial charge in [0.25, 0.3) is 5.91 Å². The Kier molecular flexibility index (Phi) is 4.71. The second kappa shape index (κ2) is 6.79. The Balaban J connectivity index is 1.90. The molecule has 1 aliphatic carbocycles. The minimum Gasteiger partial charge on any atom is -0.345 e. The highest BCUT2D eigenvalue weighted by Crippen LogP contribution is 2.37. The molecule has 1 aromatic heterocycles. The number of amides is 1. The van der Waals surface area contributed by atoms with Gasteiger partial charge in [0.15, 0.2) is 5.78 Å². The van der Waals surface area contributed by atoms with Crippen molar-refractivity contribution in [3.63, 3.8) is 0 Å². The average molecular weight is 336 g/mol. The largest absolute Gasteiger partial charge is 0.345 e. The summed E-state index contributed by atoms with van der Waals surface area (Å²) in [6.07, 6.45) is 1.97. The summed E-state index contributed by atoms with van der Waals surface area (Å²) in [6, 6.07) is 9.98. The van der Waals surface area contributed by atoms with Crippen molar-refractivity contribution < 1.29 is 9.59 Å². The van der Waals surface area contributed by atoms with Crippen LogP contribution in [0.15, 0.2) is 30.3 Å². The highest BCUT2D eigenvalue weighted by molar-refractivity contribution is 6.00. The fourth-order valence-corrected chi connectivity index (χ4v) is 3.70. The molecule has 2 atom stereocenters. The molecule has 2 aromatic rings. The van der Waals surface area contributed by atoms with E-state index in [9.17, 15) is 9.59 Å². The summed E-state index contributed by atoms with van der Waals surface area (Å²) >= 11 is 0. The molecule has 0 saturated carbocycles. The quantitative estimate of drug-likeness (QED) is 0.852. The van der Waals surface area contributed by atoms with Crippen LogP contribution in [0.25, 0.3) is 0 Å². The number of benzene rings is 1. The first-order chi connectivity index (χ1) is 11.9. The van der Waals surface area contributed by atoms with Gasteiger partial charge >= 0.3 is 0 Å². The van der Waals surface area contributed by atoms with Gasteiger partial charge < -0.3 is 5.32 Å². The molecule has 25 heavy (non-hydrogen) atoms. The fourth-order valence-electron chi connectivity index (χ4n) is 3.70. The van der Waals surface area contributed by atoms with Crippen molar-refractivity contribution in [1.82, 2.24) is 10.3 Å². The number of pyridine rings is 1. The minimum absolute atomic E-state index is 0.00128. The van der Waals surface area contributed by atoms with Gasteiger partial charge in [-0.2, -0.15) is 0 Å². The number of ketones is 1. The summed E-state index contributed by atoms with van der Waals surface area (Å²) in [7, 11) is 0. The summed E-state index contributed by atoms with van der Waals surface area (Å²) < 4.78 is 0. The molecule has 1 aromatic carbocycles. The van der Waals surface area contributed by atoms with Crippen molar-refractivity contribution in [2.45, 2.75) is 52.5 Å². The van der Waals surface area contributed by atoms with Crippen LogP contribution in [0.5, 0.6) is 0 Å². The Morgan fingerprint density at radius 2 is 1.68 bits per heavy atom. The van der Waals surface area contributed by atoms with Crippen molar-refractivity contribution in [1.29, 1.82) is 0 Å². The predicted molar refractivity (Wildman–Crippen MR) is 98.0 cm³/mol. The third kappa shape index (κ3) is 3.34. The number of carbonyl (C=O) groups is 2. The monoisotopic (exact) mass is 336 g/mol. The summed E-state index contributed by atoms with van der Waals surface area (Å²) in [5.41, 5.74) is 4.80. The first kappa shape index (κ1) is 17.3. The number of hydrogen-bond acceptors (Lipinski definition) is 3. The van der Waals surface area contributed by atoms with E-state index in [-0.39, 0.29) is 17.7 Å². The summed E-state index contributed by atoms with van der Waals surface area (Å²) in [6.45, 7) is 7.33. The van der Waals surface area contributed by atoms with Crippen molar-refractivity contribution in [2.75, 3.05) is 0 Å². The first-order valence-electron chi connectivity index (χ1n) is 8.77. The number of carbonyl (C=O) groups excluding carboxylic acids is 2. The van der Waals surface area contributed by atoms with E-state index in [2.05, 4.69) is 29.4 Å². The fraction of sp³-hybridized carbons (Fsp3) is 0.381. The maximum absolute atomic E-state index is 12.8. The number of nitrogens with one attached hydrogen (secondary N) is 1. The predicted octanol–water partition coefficient (Wildman–Crippen LogP) is 4.27. The standard InChI is InChI=1S/C21H24N2O2/c1-12-9-10-20(17-8-6-5-7-16(12)17)23-21(25)19-11-18(15(4)24)13(2)22-14(19)3/h5-8,11-12,20H,9-10H2,1-4H3,(H,23,25). The average Bonchev–Trinajstić information content (AvgIpc) is 2.57. The van der Waals surface area contributed by atoms with E-state index in [1.54, 1.807) is 13.0 Å². The molecule has 0 saturated heterocycles.